The van der Waals surface area contributed by atoms with E-state index in [0.29, 0.717) is 19.1 Å². The van der Waals surface area contributed by atoms with Gasteiger partial charge in [0.25, 0.3) is 0 Å². The zero-order chi connectivity index (χ0) is 18.7. The molecule has 0 N–H and O–H groups in total. The lowest BCUT2D eigenvalue weighted by Gasteiger charge is -2.31. The van der Waals surface area contributed by atoms with E-state index in [1.807, 2.05) is 22.7 Å². The van der Waals surface area contributed by atoms with Crippen molar-refractivity contribution in [2.75, 3.05) is 33.4 Å². The Balaban J connectivity index is 1.86. The summed E-state index contributed by atoms with van der Waals surface area (Å²) in [4.78, 5) is 34.3. The second kappa shape index (κ2) is 8.20. The second-order valence-corrected chi connectivity index (χ2v) is 7.46. The Morgan fingerprint density at radius 3 is 2.77 bits per heavy atom. The molecule has 1 saturated heterocycles. The third-order valence-electron chi connectivity index (χ3n) is 5.39. The van der Waals surface area contributed by atoms with Gasteiger partial charge in [0.2, 0.25) is 11.8 Å². The molecule has 2 aliphatic rings. The molecule has 7 heteroatoms. The maximum absolute atomic E-state index is 13.4. The minimum atomic E-state index is -0.370. The van der Waals surface area contributed by atoms with E-state index in [-0.39, 0.29) is 30.2 Å². The molecule has 0 radical (unpaired) electrons. The van der Waals surface area contributed by atoms with Gasteiger partial charge in [-0.2, -0.15) is 0 Å². The molecule has 1 saturated carbocycles. The van der Waals surface area contributed by atoms with E-state index in [2.05, 4.69) is 11.9 Å². The number of imidazole rings is 1. The zero-order valence-electron chi connectivity index (χ0n) is 16.1. The average Bonchev–Trinajstić information content (AvgIpc) is 3.25. The van der Waals surface area contributed by atoms with Gasteiger partial charge in [-0.15, -0.1) is 0 Å². The fraction of sp³-hybridized carbons (Fsp3) is 0.737. The molecule has 7 nitrogen and oxygen atoms in total. The predicted molar refractivity (Wildman–Crippen MR) is 97.2 cm³/mol. The number of carbonyl (C=O) groups excluding carboxylic acids is 2. The van der Waals surface area contributed by atoms with Gasteiger partial charge in [0.05, 0.1) is 12.5 Å². The van der Waals surface area contributed by atoms with Crippen LogP contribution in [0.2, 0.25) is 0 Å². The summed E-state index contributed by atoms with van der Waals surface area (Å²) in [6.07, 6.45) is 7.19. The monoisotopic (exact) mass is 362 g/mol. The van der Waals surface area contributed by atoms with Crippen LogP contribution in [0.1, 0.15) is 44.5 Å². The van der Waals surface area contributed by atoms with E-state index in [1.165, 1.54) is 12.8 Å². The van der Waals surface area contributed by atoms with Crippen molar-refractivity contribution in [3.05, 3.63) is 18.2 Å². The van der Waals surface area contributed by atoms with Crippen molar-refractivity contribution >= 4 is 11.8 Å². The molecule has 3 rings (SSSR count). The van der Waals surface area contributed by atoms with Crippen LogP contribution in [0.4, 0.5) is 0 Å². The molecule has 0 spiro atoms. The van der Waals surface area contributed by atoms with Crippen molar-refractivity contribution in [2.45, 2.75) is 38.6 Å². The van der Waals surface area contributed by atoms with Crippen molar-refractivity contribution in [2.24, 2.45) is 18.9 Å². The molecule has 1 aromatic rings. The van der Waals surface area contributed by atoms with E-state index in [4.69, 9.17) is 4.74 Å². The number of aryl methyl sites for hydroxylation is 1. The molecule has 2 atom stereocenters. The smallest absolute Gasteiger partial charge is 0.228 e. The van der Waals surface area contributed by atoms with Crippen molar-refractivity contribution in [1.82, 2.24) is 19.4 Å². The number of aromatic nitrogens is 2. The van der Waals surface area contributed by atoms with Gasteiger partial charge in [0.1, 0.15) is 11.9 Å². The zero-order valence-corrected chi connectivity index (χ0v) is 16.1. The summed E-state index contributed by atoms with van der Waals surface area (Å²) >= 11 is 0. The molecular weight excluding hydrogens is 332 g/mol. The molecule has 26 heavy (non-hydrogen) atoms. The summed E-state index contributed by atoms with van der Waals surface area (Å²) in [7, 11) is 3.53. The van der Waals surface area contributed by atoms with Crippen molar-refractivity contribution < 1.29 is 14.3 Å². The number of rotatable bonds is 9. The Morgan fingerprint density at radius 2 is 2.19 bits per heavy atom. The van der Waals surface area contributed by atoms with E-state index >= 15 is 0 Å². The van der Waals surface area contributed by atoms with Gasteiger partial charge in [-0.25, -0.2) is 4.98 Å². The Hall–Kier alpha value is -1.89. The first-order valence-corrected chi connectivity index (χ1v) is 9.61. The minimum absolute atomic E-state index is 0.0104. The first-order valence-electron chi connectivity index (χ1n) is 9.61. The highest BCUT2D eigenvalue weighted by Crippen LogP contribution is 2.39. The molecule has 1 aliphatic carbocycles. The highest BCUT2D eigenvalue weighted by molar-refractivity contribution is 5.90. The summed E-state index contributed by atoms with van der Waals surface area (Å²) in [5.74, 6) is 1.15. The van der Waals surface area contributed by atoms with Crippen LogP contribution in [0.15, 0.2) is 12.4 Å². The van der Waals surface area contributed by atoms with E-state index in [9.17, 15) is 9.59 Å². The fourth-order valence-electron chi connectivity index (χ4n) is 3.85. The minimum Gasteiger partial charge on any atom is -0.383 e. The van der Waals surface area contributed by atoms with Crippen LogP contribution >= 0.6 is 0 Å². The van der Waals surface area contributed by atoms with Gasteiger partial charge in [-0.3, -0.25) is 9.59 Å². The van der Waals surface area contributed by atoms with Crippen molar-refractivity contribution in [1.29, 1.82) is 0 Å². The van der Waals surface area contributed by atoms with E-state index in [0.717, 1.165) is 25.3 Å². The highest BCUT2D eigenvalue weighted by atomic mass is 16.5. The maximum atomic E-state index is 13.4. The fourth-order valence-corrected chi connectivity index (χ4v) is 3.85. The SMILES string of the molecule is CCCN(CC1CC1)C(=O)[C@H]1CC(=O)N(CCOC)[C@@H]1c1nccn1C. The van der Waals surface area contributed by atoms with Crippen LogP contribution in [0, 0.1) is 11.8 Å². The summed E-state index contributed by atoms with van der Waals surface area (Å²) in [6.45, 7) is 4.60. The Kier molecular flexibility index (Phi) is 5.96. The van der Waals surface area contributed by atoms with Gasteiger partial charge in [-0.1, -0.05) is 6.92 Å². The Labute approximate surface area is 155 Å². The normalized spacial score (nSPS) is 22.9. The van der Waals surface area contributed by atoms with E-state index < -0.39 is 0 Å². The number of hydrogen-bond donors (Lipinski definition) is 0. The molecule has 2 amide bonds. The first kappa shape index (κ1) is 18.9. The molecular formula is C19H30N4O3. The van der Waals surface area contributed by atoms with Gasteiger partial charge in [-0.05, 0) is 25.2 Å². The molecule has 0 bridgehead atoms. The lowest BCUT2D eigenvalue weighted by Crippen LogP contribution is -2.41. The van der Waals surface area contributed by atoms with Gasteiger partial charge in [0.15, 0.2) is 0 Å². The Bertz CT molecular complexity index is 640. The molecule has 0 unspecified atom stereocenters. The highest BCUT2D eigenvalue weighted by Gasteiger charge is 2.47. The third kappa shape index (κ3) is 3.92. The van der Waals surface area contributed by atoms with Crippen LogP contribution in [-0.2, 0) is 21.4 Å². The molecule has 1 aromatic heterocycles. The van der Waals surface area contributed by atoms with Crippen LogP contribution in [0.25, 0.3) is 0 Å². The van der Waals surface area contributed by atoms with Crippen molar-refractivity contribution in [3.8, 4) is 0 Å². The lowest BCUT2D eigenvalue weighted by molar-refractivity contribution is -0.137. The molecule has 144 valence electrons. The van der Waals surface area contributed by atoms with Crippen LogP contribution in [0.3, 0.4) is 0 Å². The predicted octanol–water partition coefficient (Wildman–Crippen LogP) is 1.60. The molecule has 1 aliphatic heterocycles. The summed E-state index contributed by atoms with van der Waals surface area (Å²) in [6, 6.07) is -0.316. The number of carbonyl (C=O) groups is 2. The Morgan fingerprint density at radius 1 is 1.42 bits per heavy atom. The first-order chi connectivity index (χ1) is 12.6. The van der Waals surface area contributed by atoms with Gasteiger partial charge >= 0.3 is 0 Å². The van der Waals surface area contributed by atoms with E-state index in [1.54, 1.807) is 18.2 Å². The number of likely N-dealkylation sites (tertiary alicyclic amines) is 1. The topological polar surface area (TPSA) is 67.7 Å². The summed E-state index contributed by atoms with van der Waals surface area (Å²) in [5, 5.41) is 0. The summed E-state index contributed by atoms with van der Waals surface area (Å²) in [5.41, 5.74) is 0. The summed E-state index contributed by atoms with van der Waals surface area (Å²) < 4.78 is 7.09. The maximum Gasteiger partial charge on any atom is 0.228 e. The average molecular weight is 362 g/mol. The quantitative estimate of drug-likeness (QED) is 0.669. The lowest BCUT2D eigenvalue weighted by atomic mass is 9.97. The van der Waals surface area contributed by atoms with Gasteiger partial charge in [0, 0.05) is 52.6 Å². The third-order valence-corrected chi connectivity index (χ3v) is 5.39. The number of nitrogens with zero attached hydrogens (tertiary/aromatic N) is 4. The molecule has 2 heterocycles. The molecule has 2 fully saturated rings. The van der Waals surface area contributed by atoms with Crippen LogP contribution < -0.4 is 0 Å². The number of amides is 2. The number of ether oxygens (including phenoxy) is 1. The largest absolute Gasteiger partial charge is 0.383 e. The van der Waals surface area contributed by atoms with Gasteiger partial charge < -0.3 is 19.1 Å². The number of hydrogen-bond acceptors (Lipinski definition) is 4. The second-order valence-electron chi connectivity index (χ2n) is 7.46. The van der Waals surface area contributed by atoms with Crippen LogP contribution in [-0.4, -0.2) is 64.5 Å². The van der Waals surface area contributed by atoms with Crippen molar-refractivity contribution in [3.63, 3.8) is 0 Å². The molecule has 0 aromatic carbocycles. The standard InChI is InChI=1S/C19H30N4O3/c1-4-8-22(13-14-5-6-14)19(25)15-12-16(24)23(10-11-26-3)17(15)18-20-7-9-21(18)2/h7,9,14-15,17H,4-6,8,10-13H2,1-3H3/t15-,17-/m0/s1. The van der Waals surface area contributed by atoms with Crippen LogP contribution in [0.5, 0.6) is 0 Å². The number of methoxy groups -OCH3 is 1.